The lowest BCUT2D eigenvalue weighted by Crippen LogP contribution is -2.29. The molecule has 1 aromatic carbocycles. The molecule has 1 rings (SSSR count). The summed E-state index contributed by atoms with van der Waals surface area (Å²) in [5, 5.41) is 8.45. The van der Waals surface area contributed by atoms with Gasteiger partial charge in [0.2, 0.25) is 10.0 Å². The molecule has 0 spiro atoms. The first-order valence-corrected chi connectivity index (χ1v) is 6.93. The van der Waals surface area contributed by atoms with Crippen molar-refractivity contribution in [3.63, 3.8) is 0 Å². The topological polar surface area (TPSA) is 102 Å². The van der Waals surface area contributed by atoms with E-state index in [-0.39, 0.29) is 6.54 Å². The molecule has 0 saturated carbocycles. The molecule has 0 bridgehead atoms. The van der Waals surface area contributed by atoms with Crippen molar-refractivity contribution in [3.8, 4) is 11.5 Å². The summed E-state index contributed by atoms with van der Waals surface area (Å²) in [7, 11) is -0.904. The van der Waals surface area contributed by atoms with Crippen LogP contribution in [0.1, 0.15) is 5.56 Å². The van der Waals surface area contributed by atoms with E-state index in [4.69, 9.17) is 14.6 Å². The maximum Gasteiger partial charge on any atom is 0.320 e. The van der Waals surface area contributed by atoms with Crippen LogP contribution in [0, 0.1) is 0 Å². The molecule has 0 fully saturated rings. The number of benzene rings is 1. The summed E-state index contributed by atoms with van der Waals surface area (Å²) in [5.74, 6) is -1.34. The second-order valence-electron chi connectivity index (χ2n) is 3.65. The summed E-state index contributed by atoms with van der Waals surface area (Å²) < 4.78 is 35.1. The summed E-state index contributed by atoms with van der Waals surface area (Å²) >= 11 is 0. The van der Waals surface area contributed by atoms with Crippen LogP contribution in [0.5, 0.6) is 11.5 Å². The van der Waals surface area contributed by atoms with E-state index in [0.717, 1.165) is 0 Å². The average Bonchev–Trinajstić information content (AvgIpc) is 2.34. The molecule has 0 radical (unpaired) electrons. The van der Waals surface area contributed by atoms with Crippen molar-refractivity contribution in [2.24, 2.45) is 0 Å². The van der Waals surface area contributed by atoms with Crippen molar-refractivity contribution in [3.05, 3.63) is 23.8 Å². The fourth-order valence-electron chi connectivity index (χ4n) is 1.40. The first-order valence-electron chi connectivity index (χ1n) is 5.28. The number of hydrogen-bond donors (Lipinski definition) is 2. The van der Waals surface area contributed by atoms with Gasteiger partial charge in [-0.25, -0.2) is 13.1 Å². The zero-order chi connectivity index (χ0) is 14.5. The molecule has 0 saturated heterocycles. The van der Waals surface area contributed by atoms with E-state index in [1.165, 1.54) is 14.2 Å². The molecule has 0 aliphatic heterocycles. The fourth-order valence-corrected chi connectivity index (χ4v) is 2.20. The summed E-state index contributed by atoms with van der Waals surface area (Å²) in [6, 6.07) is 4.91. The third-order valence-electron chi connectivity index (χ3n) is 2.29. The Morgan fingerprint density at radius 1 is 1.32 bits per heavy atom. The van der Waals surface area contributed by atoms with E-state index in [1.54, 1.807) is 18.2 Å². The third-order valence-corrected chi connectivity index (χ3v) is 3.50. The minimum atomic E-state index is -3.86. The highest BCUT2D eigenvalue weighted by molar-refractivity contribution is 7.90. The molecule has 8 heteroatoms. The van der Waals surface area contributed by atoms with Gasteiger partial charge in [-0.1, -0.05) is 6.07 Å². The molecule has 0 aromatic heterocycles. The number of sulfonamides is 1. The molecule has 0 unspecified atom stereocenters. The van der Waals surface area contributed by atoms with E-state index in [0.29, 0.717) is 17.1 Å². The Morgan fingerprint density at radius 2 is 2.00 bits per heavy atom. The van der Waals surface area contributed by atoms with E-state index in [1.807, 2.05) is 0 Å². The van der Waals surface area contributed by atoms with Gasteiger partial charge in [0.05, 0.1) is 14.2 Å². The van der Waals surface area contributed by atoms with Crippen LogP contribution in [0.2, 0.25) is 0 Å². The predicted octanol–water partition coefficient (Wildman–Crippen LogP) is 0.208. The maximum absolute atomic E-state index is 11.4. The minimum absolute atomic E-state index is 0.0528. The lowest BCUT2D eigenvalue weighted by Gasteiger charge is -2.11. The van der Waals surface area contributed by atoms with Crippen LogP contribution in [0.4, 0.5) is 0 Å². The zero-order valence-corrected chi connectivity index (χ0v) is 11.4. The summed E-state index contributed by atoms with van der Waals surface area (Å²) in [6.45, 7) is -0.0528. The van der Waals surface area contributed by atoms with Crippen molar-refractivity contribution < 1.29 is 27.8 Å². The quantitative estimate of drug-likeness (QED) is 0.744. The highest BCUT2D eigenvalue weighted by Crippen LogP contribution is 2.24. The van der Waals surface area contributed by atoms with Crippen LogP contribution >= 0.6 is 0 Å². The third kappa shape index (κ3) is 4.76. The van der Waals surface area contributed by atoms with Gasteiger partial charge < -0.3 is 14.6 Å². The first-order chi connectivity index (χ1) is 8.88. The van der Waals surface area contributed by atoms with Crippen LogP contribution in [-0.4, -0.2) is 39.5 Å². The second-order valence-corrected chi connectivity index (χ2v) is 5.46. The number of aliphatic carboxylic acids is 1. The molecule has 0 amide bonds. The number of rotatable bonds is 7. The van der Waals surface area contributed by atoms with Crippen LogP contribution < -0.4 is 14.2 Å². The maximum atomic E-state index is 11.4. The highest BCUT2D eigenvalue weighted by Gasteiger charge is 2.16. The van der Waals surface area contributed by atoms with E-state index < -0.39 is 21.7 Å². The smallest absolute Gasteiger partial charge is 0.320 e. The van der Waals surface area contributed by atoms with Crippen molar-refractivity contribution in [1.82, 2.24) is 4.72 Å². The zero-order valence-electron chi connectivity index (χ0n) is 10.5. The Morgan fingerprint density at radius 3 is 2.53 bits per heavy atom. The molecular formula is C11H15NO6S. The predicted molar refractivity (Wildman–Crippen MR) is 67.8 cm³/mol. The van der Waals surface area contributed by atoms with E-state index in [2.05, 4.69) is 4.72 Å². The molecule has 0 heterocycles. The van der Waals surface area contributed by atoms with Crippen molar-refractivity contribution in [1.29, 1.82) is 0 Å². The van der Waals surface area contributed by atoms with Crippen molar-refractivity contribution in [2.45, 2.75) is 6.54 Å². The molecule has 0 aliphatic rings. The Kier molecular flexibility index (Phi) is 5.13. The lowest BCUT2D eigenvalue weighted by molar-refractivity contribution is -0.134. The van der Waals surface area contributed by atoms with Crippen LogP contribution in [0.15, 0.2) is 18.2 Å². The lowest BCUT2D eigenvalue weighted by atomic mass is 10.2. The standard InChI is InChI=1S/C11H15NO6S/c1-17-9-4-3-8(10(5-9)18-2)6-12-19(15,16)7-11(13)14/h3-5,12H,6-7H2,1-2H3,(H,13,14). The Hall–Kier alpha value is -1.80. The molecule has 7 nitrogen and oxygen atoms in total. The van der Waals surface area contributed by atoms with E-state index >= 15 is 0 Å². The highest BCUT2D eigenvalue weighted by atomic mass is 32.2. The van der Waals surface area contributed by atoms with Gasteiger partial charge in [0.25, 0.3) is 0 Å². The molecule has 0 atom stereocenters. The molecule has 2 N–H and O–H groups in total. The van der Waals surface area contributed by atoms with E-state index in [9.17, 15) is 13.2 Å². The van der Waals surface area contributed by atoms with Crippen molar-refractivity contribution >= 4 is 16.0 Å². The molecule has 1 aromatic rings. The summed E-state index contributed by atoms with van der Waals surface area (Å²) in [6.07, 6.45) is 0. The normalized spacial score (nSPS) is 11.1. The van der Waals surface area contributed by atoms with Gasteiger partial charge in [0.15, 0.2) is 5.75 Å². The number of carboxylic acid groups (broad SMARTS) is 1. The van der Waals surface area contributed by atoms with Crippen molar-refractivity contribution in [2.75, 3.05) is 20.0 Å². The van der Waals surface area contributed by atoms with Gasteiger partial charge in [-0.15, -0.1) is 0 Å². The van der Waals surface area contributed by atoms with Gasteiger partial charge in [-0.2, -0.15) is 0 Å². The van der Waals surface area contributed by atoms with Gasteiger partial charge >= 0.3 is 5.97 Å². The number of methoxy groups -OCH3 is 2. The second kappa shape index (κ2) is 6.39. The van der Waals surface area contributed by atoms with Gasteiger partial charge in [0, 0.05) is 18.2 Å². The summed E-state index contributed by atoms with van der Waals surface area (Å²) in [5.41, 5.74) is 0.581. The molecule has 106 valence electrons. The number of hydrogen-bond acceptors (Lipinski definition) is 5. The Labute approximate surface area is 111 Å². The number of nitrogens with one attached hydrogen (secondary N) is 1. The van der Waals surface area contributed by atoms with Gasteiger partial charge in [-0.05, 0) is 6.07 Å². The number of carboxylic acids is 1. The number of carbonyl (C=O) groups is 1. The van der Waals surface area contributed by atoms with Crippen LogP contribution in [0.25, 0.3) is 0 Å². The Balaban J connectivity index is 2.80. The van der Waals surface area contributed by atoms with Crippen LogP contribution in [0.3, 0.4) is 0 Å². The Bertz CT molecular complexity index is 554. The molecule has 19 heavy (non-hydrogen) atoms. The molecule has 0 aliphatic carbocycles. The SMILES string of the molecule is COc1ccc(CNS(=O)(=O)CC(=O)O)c(OC)c1. The molecular weight excluding hydrogens is 274 g/mol. The average molecular weight is 289 g/mol. The summed E-state index contributed by atoms with van der Waals surface area (Å²) in [4.78, 5) is 10.4. The first kappa shape index (κ1) is 15.3. The number of ether oxygens (including phenoxy) is 2. The van der Waals surface area contributed by atoms with Gasteiger partial charge in [-0.3, -0.25) is 4.79 Å². The monoisotopic (exact) mass is 289 g/mol. The fraction of sp³-hybridized carbons (Fsp3) is 0.364. The van der Waals surface area contributed by atoms with Crippen LogP contribution in [-0.2, 0) is 21.4 Å². The van der Waals surface area contributed by atoms with Gasteiger partial charge in [0.1, 0.15) is 11.5 Å². The minimum Gasteiger partial charge on any atom is -0.497 e. The largest absolute Gasteiger partial charge is 0.497 e.